The lowest BCUT2D eigenvalue weighted by Gasteiger charge is -2.28. The number of hydrogen-bond donors (Lipinski definition) is 1. The van der Waals surface area contributed by atoms with Crippen LogP contribution < -0.4 is 5.73 Å². The minimum atomic E-state index is -0.326. The van der Waals surface area contributed by atoms with Crippen LogP contribution in [-0.2, 0) is 9.47 Å². The van der Waals surface area contributed by atoms with Gasteiger partial charge in [0.15, 0.2) is 5.79 Å². The van der Waals surface area contributed by atoms with Crippen LogP contribution in [0.2, 0.25) is 0 Å². The number of hydrogen-bond acceptors (Lipinski definition) is 3. The van der Waals surface area contributed by atoms with Crippen molar-refractivity contribution in [3.8, 4) is 0 Å². The van der Waals surface area contributed by atoms with Crippen molar-refractivity contribution in [2.75, 3.05) is 13.2 Å². The van der Waals surface area contributed by atoms with Gasteiger partial charge in [-0.2, -0.15) is 0 Å². The fraction of sp³-hybridized carbons (Fsp3) is 1.00. The molecule has 2 rings (SSSR count). The van der Waals surface area contributed by atoms with Gasteiger partial charge in [-0.05, 0) is 18.3 Å². The molecule has 1 aliphatic heterocycles. The Kier molecular flexibility index (Phi) is 2.37. The van der Waals surface area contributed by atoms with Crippen molar-refractivity contribution in [3.05, 3.63) is 0 Å². The van der Waals surface area contributed by atoms with Gasteiger partial charge in [0.1, 0.15) is 0 Å². The number of nitrogens with two attached hydrogens (primary N) is 1. The molecule has 1 saturated carbocycles. The first-order chi connectivity index (χ1) is 6.54. The van der Waals surface area contributed by atoms with E-state index in [1.807, 2.05) is 0 Å². The predicted octanol–water partition coefficient (Wildman–Crippen LogP) is 1.51. The topological polar surface area (TPSA) is 44.5 Å². The molecule has 0 aromatic heterocycles. The molecular weight excluding hydrogens is 178 g/mol. The molecule has 3 heteroatoms. The van der Waals surface area contributed by atoms with E-state index in [1.54, 1.807) is 0 Å². The second-order valence-electron chi connectivity index (χ2n) is 5.20. The number of rotatable bonds is 3. The van der Waals surface area contributed by atoms with Crippen LogP contribution in [0, 0.1) is 11.3 Å². The van der Waals surface area contributed by atoms with E-state index in [2.05, 4.69) is 20.8 Å². The van der Waals surface area contributed by atoms with Gasteiger partial charge in [0, 0.05) is 12.5 Å². The van der Waals surface area contributed by atoms with Crippen molar-refractivity contribution in [2.24, 2.45) is 17.1 Å². The summed E-state index contributed by atoms with van der Waals surface area (Å²) < 4.78 is 11.8. The molecule has 1 saturated heterocycles. The second-order valence-corrected chi connectivity index (χ2v) is 5.20. The van der Waals surface area contributed by atoms with Crippen LogP contribution in [-0.4, -0.2) is 25.0 Å². The first-order valence-corrected chi connectivity index (χ1v) is 5.56. The Morgan fingerprint density at radius 1 is 1.43 bits per heavy atom. The van der Waals surface area contributed by atoms with E-state index in [0.717, 1.165) is 6.42 Å². The first kappa shape index (κ1) is 10.4. The average molecular weight is 199 g/mol. The molecule has 0 aromatic carbocycles. The molecule has 2 aliphatic rings. The maximum atomic E-state index is 5.96. The molecule has 0 bridgehead atoms. The summed E-state index contributed by atoms with van der Waals surface area (Å²) in [6.07, 6.45) is 2.24. The summed E-state index contributed by atoms with van der Waals surface area (Å²) in [6, 6.07) is 0. The van der Waals surface area contributed by atoms with Crippen molar-refractivity contribution < 1.29 is 9.47 Å². The maximum absolute atomic E-state index is 5.96. The molecule has 1 heterocycles. The monoisotopic (exact) mass is 199 g/mol. The fourth-order valence-corrected chi connectivity index (χ4v) is 2.53. The summed E-state index contributed by atoms with van der Waals surface area (Å²) >= 11 is 0. The van der Waals surface area contributed by atoms with Gasteiger partial charge in [-0.1, -0.05) is 20.8 Å². The Bertz CT molecular complexity index is 229. The highest BCUT2D eigenvalue weighted by atomic mass is 16.7. The molecule has 14 heavy (non-hydrogen) atoms. The lowest BCUT2D eigenvalue weighted by atomic mass is 10.0. The summed E-state index contributed by atoms with van der Waals surface area (Å²) in [4.78, 5) is 0. The van der Waals surface area contributed by atoms with Crippen LogP contribution >= 0.6 is 0 Å². The molecule has 0 aromatic rings. The predicted molar refractivity (Wildman–Crippen MR) is 54.8 cm³/mol. The van der Waals surface area contributed by atoms with Gasteiger partial charge in [-0.15, -0.1) is 0 Å². The average Bonchev–Trinajstić information content (AvgIpc) is 2.67. The van der Waals surface area contributed by atoms with Crippen LogP contribution in [0.15, 0.2) is 0 Å². The third-order valence-corrected chi connectivity index (χ3v) is 3.68. The zero-order valence-electron chi connectivity index (χ0n) is 9.38. The highest BCUT2D eigenvalue weighted by Gasteiger charge is 2.61. The Morgan fingerprint density at radius 3 is 2.43 bits per heavy atom. The van der Waals surface area contributed by atoms with Crippen molar-refractivity contribution in [1.29, 1.82) is 0 Å². The SMILES string of the molecule is CCC1(C2CC2(C)C)OCC(CN)O1. The molecule has 0 amide bonds. The molecule has 3 atom stereocenters. The van der Waals surface area contributed by atoms with Gasteiger partial charge >= 0.3 is 0 Å². The van der Waals surface area contributed by atoms with E-state index in [0.29, 0.717) is 24.5 Å². The first-order valence-electron chi connectivity index (χ1n) is 5.56. The normalized spacial score (nSPS) is 45.4. The van der Waals surface area contributed by atoms with Gasteiger partial charge in [0.25, 0.3) is 0 Å². The van der Waals surface area contributed by atoms with Gasteiger partial charge in [-0.25, -0.2) is 0 Å². The lowest BCUT2D eigenvalue weighted by molar-refractivity contribution is -0.190. The van der Waals surface area contributed by atoms with Crippen molar-refractivity contribution in [1.82, 2.24) is 0 Å². The van der Waals surface area contributed by atoms with Gasteiger partial charge in [0.2, 0.25) is 0 Å². The van der Waals surface area contributed by atoms with Crippen molar-refractivity contribution in [2.45, 2.75) is 45.5 Å². The quantitative estimate of drug-likeness (QED) is 0.749. The molecule has 1 aliphatic carbocycles. The Morgan fingerprint density at radius 2 is 2.07 bits per heavy atom. The van der Waals surface area contributed by atoms with Gasteiger partial charge in [0.05, 0.1) is 12.7 Å². The van der Waals surface area contributed by atoms with Crippen LogP contribution in [0.5, 0.6) is 0 Å². The second kappa shape index (κ2) is 3.19. The molecule has 0 radical (unpaired) electrons. The Hall–Kier alpha value is -0.120. The summed E-state index contributed by atoms with van der Waals surface area (Å²) in [5.74, 6) is 0.227. The largest absolute Gasteiger partial charge is 0.347 e. The maximum Gasteiger partial charge on any atom is 0.171 e. The molecule has 2 N–H and O–H groups in total. The molecule has 0 spiro atoms. The highest BCUT2D eigenvalue weighted by molar-refractivity contribution is 5.05. The third kappa shape index (κ3) is 1.47. The zero-order valence-corrected chi connectivity index (χ0v) is 9.38. The Labute approximate surface area is 85.9 Å². The third-order valence-electron chi connectivity index (χ3n) is 3.68. The van der Waals surface area contributed by atoms with Crippen LogP contribution in [0.1, 0.15) is 33.6 Å². The summed E-state index contributed by atoms with van der Waals surface area (Å²) in [6.45, 7) is 7.91. The van der Waals surface area contributed by atoms with E-state index in [-0.39, 0.29) is 11.9 Å². The molecule has 2 fully saturated rings. The molecule has 82 valence electrons. The van der Waals surface area contributed by atoms with E-state index >= 15 is 0 Å². The standard InChI is InChI=1S/C11H21NO2/c1-4-11(9-5-10(9,2)3)13-7-8(6-12)14-11/h8-9H,4-7,12H2,1-3H3. The van der Waals surface area contributed by atoms with Crippen molar-refractivity contribution in [3.63, 3.8) is 0 Å². The van der Waals surface area contributed by atoms with Crippen LogP contribution in [0.4, 0.5) is 0 Å². The highest BCUT2D eigenvalue weighted by Crippen LogP contribution is 2.60. The van der Waals surface area contributed by atoms with Crippen LogP contribution in [0.3, 0.4) is 0 Å². The number of ether oxygens (including phenoxy) is 2. The van der Waals surface area contributed by atoms with E-state index in [4.69, 9.17) is 15.2 Å². The summed E-state index contributed by atoms with van der Waals surface area (Å²) in [7, 11) is 0. The van der Waals surface area contributed by atoms with Gasteiger partial charge < -0.3 is 15.2 Å². The molecular formula is C11H21NO2. The van der Waals surface area contributed by atoms with Crippen molar-refractivity contribution >= 4 is 0 Å². The van der Waals surface area contributed by atoms with Gasteiger partial charge in [-0.3, -0.25) is 0 Å². The van der Waals surface area contributed by atoms with E-state index in [1.165, 1.54) is 6.42 Å². The smallest absolute Gasteiger partial charge is 0.171 e. The Balaban J connectivity index is 2.06. The summed E-state index contributed by atoms with van der Waals surface area (Å²) in [5, 5.41) is 0. The minimum Gasteiger partial charge on any atom is -0.347 e. The molecule has 3 unspecified atom stereocenters. The molecule has 3 nitrogen and oxygen atoms in total. The van der Waals surface area contributed by atoms with Crippen LogP contribution in [0.25, 0.3) is 0 Å². The minimum absolute atomic E-state index is 0.103. The summed E-state index contributed by atoms with van der Waals surface area (Å²) in [5.41, 5.74) is 5.98. The fourth-order valence-electron chi connectivity index (χ4n) is 2.53. The lowest BCUT2D eigenvalue weighted by Crippen LogP contribution is -2.35. The zero-order chi connectivity index (χ0) is 10.4. The van der Waals surface area contributed by atoms with E-state index in [9.17, 15) is 0 Å². The van der Waals surface area contributed by atoms with E-state index < -0.39 is 0 Å².